The van der Waals surface area contributed by atoms with Gasteiger partial charge in [0.2, 0.25) is 23.6 Å². The Kier molecular flexibility index (Phi) is 12.8. The first-order valence-electron chi connectivity index (χ1n) is 13.2. The zero-order valence-corrected chi connectivity index (χ0v) is 23.7. The highest BCUT2D eigenvalue weighted by atomic mass is 16.6. The number of nitro groups is 1. The molecule has 2 aromatic carbocycles. The van der Waals surface area contributed by atoms with E-state index >= 15 is 0 Å². The van der Waals surface area contributed by atoms with Crippen molar-refractivity contribution in [3.8, 4) is 5.75 Å². The third-order valence-corrected chi connectivity index (χ3v) is 5.76. The van der Waals surface area contributed by atoms with E-state index in [1.165, 1.54) is 31.2 Å². The van der Waals surface area contributed by atoms with E-state index in [0.29, 0.717) is 0 Å². The van der Waals surface area contributed by atoms with Gasteiger partial charge in [-0.05, 0) is 37.0 Å². The Hall–Kier alpha value is -5.07. The lowest BCUT2D eigenvalue weighted by molar-refractivity contribution is -0.384. The summed E-state index contributed by atoms with van der Waals surface area (Å²) in [7, 11) is 0. The lowest BCUT2D eigenvalue weighted by Crippen LogP contribution is -2.56. The highest BCUT2D eigenvalue weighted by molar-refractivity contribution is 5.96. The second-order valence-corrected chi connectivity index (χ2v) is 9.91. The van der Waals surface area contributed by atoms with Crippen molar-refractivity contribution in [2.75, 3.05) is 13.1 Å². The number of hydrogen-bond acceptors (Lipinski definition) is 8. The lowest BCUT2D eigenvalue weighted by Gasteiger charge is -2.24. The minimum Gasteiger partial charge on any atom is -0.425 e. The fourth-order valence-electron chi connectivity index (χ4n) is 3.68. The number of rotatable bonds is 15. The summed E-state index contributed by atoms with van der Waals surface area (Å²) < 4.78 is 5.10. The van der Waals surface area contributed by atoms with Crippen molar-refractivity contribution in [1.29, 1.82) is 0 Å². The van der Waals surface area contributed by atoms with E-state index in [1.54, 1.807) is 30.3 Å². The van der Waals surface area contributed by atoms with Gasteiger partial charge in [-0.25, -0.2) is 4.79 Å². The molecule has 0 aliphatic heterocycles. The van der Waals surface area contributed by atoms with Crippen LogP contribution in [0.4, 0.5) is 5.69 Å². The number of esters is 1. The van der Waals surface area contributed by atoms with Gasteiger partial charge in [0.05, 0.1) is 11.5 Å². The van der Waals surface area contributed by atoms with Gasteiger partial charge in [0, 0.05) is 24.1 Å². The molecule has 2 atom stereocenters. The maximum Gasteiger partial charge on any atom is 0.330 e. The molecular formula is C29H35N5O8. The number of benzene rings is 2. The summed E-state index contributed by atoms with van der Waals surface area (Å²) in [5.74, 6) is -3.17. The fourth-order valence-corrected chi connectivity index (χ4v) is 3.68. The molecule has 2 rings (SSSR count). The molecule has 1 unspecified atom stereocenters. The lowest BCUT2D eigenvalue weighted by atomic mass is 10.0. The van der Waals surface area contributed by atoms with E-state index in [1.807, 2.05) is 13.8 Å². The molecule has 0 bridgehead atoms. The Bertz CT molecular complexity index is 1290. The van der Waals surface area contributed by atoms with Crippen LogP contribution in [0.25, 0.3) is 0 Å². The van der Waals surface area contributed by atoms with Gasteiger partial charge in [-0.2, -0.15) is 0 Å². The Morgan fingerprint density at radius 2 is 1.52 bits per heavy atom. The summed E-state index contributed by atoms with van der Waals surface area (Å²) in [4.78, 5) is 73.1. The van der Waals surface area contributed by atoms with Gasteiger partial charge in [0.25, 0.3) is 5.69 Å². The molecule has 0 aliphatic carbocycles. The van der Waals surface area contributed by atoms with Crippen LogP contribution < -0.4 is 26.0 Å². The van der Waals surface area contributed by atoms with Gasteiger partial charge in [-0.15, -0.1) is 0 Å². The molecular weight excluding hydrogens is 546 g/mol. The van der Waals surface area contributed by atoms with Crippen LogP contribution >= 0.6 is 0 Å². The monoisotopic (exact) mass is 581 g/mol. The highest BCUT2D eigenvalue weighted by Gasteiger charge is 2.28. The fraction of sp³-hybridized carbons (Fsp3) is 0.345. The Labute approximate surface area is 243 Å². The van der Waals surface area contributed by atoms with Crippen molar-refractivity contribution in [2.45, 2.75) is 45.7 Å². The number of carbonyl (C=O) groups is 5. The molecule has 224 valence electrons. The van der Waals surface area contributed by atoms with Gasteiger partial charge in [-0.3, -0.25) is 29.3 Å². The maximum absolute atomic E-state index is 13.3. The van der Waals surface area contributed by atoms with Crippen LogP contribution in [-0.4, -0.2) is 59.7 Å². The van der Waals surface area contributed by atoms with E-state index in [0.717, 1.165) is 5.56 Å². The molecule has 0 fully saturated rings. The van der Waals surface area contributed by atoms with Crippen molar-refractivity contribution in [2.24, 2.45) is 5.92 Å². The Morgan fingerprint density at radius 3 is 2.10 bits per heavy atom. The second kappa shape index (κ2) is 16.3. The number of nitro benzene ring substituents is 1. The molecule has 4 N–H and O–H groups in total. The molecule has 0 radical (unpaired) electrons. The zero-order valence-electron chi connectivity index (χ0n) is 23.7. The topological polar surface area (TPSA) is 186 Å². The quantitative estimate of drug-likeness (QED) is 0.0802. The maximum atomic E-state index is 13.3. The molecule has 0 aliphatic rings. The first-order valence-corrected chi connectivity index (χ1v) is 13.2. The highest BCUT2D eigenvalue weighted by Crippen LogP contribution is 2.17. The molecule has 0 saturated carbocycles. The van der Waals surface area contributed by atoms with Crippen LogP contribution in [0, 0.1) is 16.0 Å². The van der Waals surface area contributed by atoms with Gasteiger partial charge >= 0.3 is 5.97 Å². The van der Waals surface area contributed by atoms with Gasteiger partial charge in [0.1, 0.15) is 24.4 Å². The number of nitrogens with zero attached hydrogens (tertiary/aromatic N) is 1. The van der Waals surface area contributed by atoms with Crippen LogP contribution in [0.15, 0.2) is 66.7 Å². The number of ether oxygens (including phenoxy) is 1. The summed E-state index contributed by atoms with van der Waals surface area (Å²) in [6.45, 7) is 7.80. The number of carbonyl (C=O) groups excluding carboxylic acids is 5. The molecule has 0 spiro atoms. The van der Waals surface area contributed by atoms with Crippen molar-refractivity contribution in [3.05, 3.63) is 82.4 Å². The van der Waals surface area contributed by atoms with Crippen LogP contribution in [0.2, 0.25) is 0 Å². The standard InChI is InChI=1S/C29H35N5O8/c1-18(2)14-23(28(38)31-17-26(36)42-22-12-10-21(11-13-22)34(40)41)33-29(39)24(15-20-8-6-5-7-9-20)32-25(35)16-30-27(37)19(3)4/h5-13,18,23-24H,3,14-17H2,1-2,4H3,(H,30,37)(H,31,38)(H,32,35)(H,33,39)/t23-,24?/m0/s1. The van der Waals surface area contributed by atoms with Gasteiger partial charge in [-0.1, -0.05) is 50.8 Å². The summed E-state index contributed by atoms with van der Waals surface area (Å²) in [6.07, 6.45) is 0.347. The van der Waals surface area contributed by atoms with Crippen molar-refractivity contribution >= 4 is 35.3 Å². The minimum atomic E-state index is -1.07. The molecule has 0 heterocycles. The normalized spacial score (nSPS) is 11.9. The average molecular weight is 582 g/mol. The largest absolute Gasteiger partial charge is 0.425 e. The second-order valence-electron chi connectivity index (χ2n) is 9.91. The van der Waals surface area contributed by atoms with Gasteiger partial charge < -0.3 is 26.0 Å². The summed E-state index contributed by atoms with van der Waals surface area (Å²) >= 11 is 0. The van der Waals surface area contributed by atoms with Crippen LogP contribution in [0.5, 0.6) is 5.75 Å². The number of non-ortho nitro benzene ring substituents is 1. The summed E-state index contributed by atoms with van der Waals surface area (Å²) in [6, 6.07) is 11.7. The average Bonchev–Trinajstić information content (AvgIpc) is 2.94. The first kappa shape index (κ1) is 33.1. The molecule has 4 amide bonds. The summed E-state index contributed by atoms with van der Waals surface area (Å²) in [5, 5.41) is 20.9. The van der Waals surface area contributed by atoms with E-state index in [4.69, 9.17) is 4.74 Å². The smallest absolute Gasteiger partial charge is 0.330 e. The number of amides is 4. The predicted octanol–water partition coefficient (Wildman–Crippen LogP) is 1.57. The SMILES string of the molecule is C=C(C)C(=O)NCC(=O)NC(Cc1ccccc1)C(=O)N[C@@H](CC(C)C)C(=O)NCC(=O)Oc1ccc([N+](=O)[O-])cc1. The van der Waals surface area contributed by atoms with Crippen molar-refractivity contribution in [1.82, 2.24) is 21.3 Å². The molecule has 13 heteroatoms. The van der Waals surface area contributed by atoms with E-state index < -0.39 is 53.1 Å². The van der Waals surface area contributed by atoms with Crippen LogP contribution in [0.3, 0.4) is 0 Å². The van der Waals surface area contributed by atoms with Gasteiger partial charge in [0.15, 0.2) is 0 Å². The molecule has 13 nitrogen and oxygen atoms in total. The number of nitrogens with one attached hydrogen (secondary N) is 4. The van der Waals surface area contributed by atoms with Crippen molar-refractivity contribution < 1.29 is 33.6 Å². The van der Waals surface area contributed by atoms with E-state index in [9.17, 15) is 34.1 Å². The molecule has 0 aromatic heterocycles. The molecule has 42 heavy (non-hydrogen) atoms. The zero-order chi connectivity index (χ0) is 31.2. The first-order chi connectivity index (χ1) is 19.8. The Balaban J connectivity index is 2.06. The molecule has 2 aromatic rings. The van der Waals surface area contributed by atoms with Crippen LogP contribution in [-0.2, 0) is 30.4 Å². The predicted molar refractivity (Wildman–Crippen MR) is 153 cm³/mol. The third-order valence-electron chi connectivity index (χ3n) is 5.76. The van der Waals surface area contributed by atoms with E-state index in [2.05, 4.69) is 27.8 Å². The van der Waals surface area contributed by atoms with E-state index in [-0.39, 0.29) is 42.3 Å². The van der Waals surface area contributed by atoms with Crippen molar-refractivity contribution in [3.63, 3.8) is 0 Å². The summed E-state index contributed by atoms with van der Waals surface area (Å²) in [5.41, 5.74) is 0.803. The van der Waals surface area contributed by atoms with Crippen LogP contribution in [0.1, 0.15) is 32.8 Å². The Morgan fingerprint density at radius 1 is 0.881 bits per heavy atom. The third kappa shape index (κ3) is 11.6. The number of hydrogen-bond donors (Lipinski definition) is 4. The molecule has 0 saturated heterocycles. The minimum absolute atomic E-state index is 0.0207.